The van der Waals surface area contributed by atoms with Crippen LogP contribution in [-0.4, -0.2) is 30.6 Å². The molecule has 2 heteroatoms. The van der Waals surface area contributed by atoms with Gasteiger partial charge in [-0.1, -0.05) is 34.1 Å². The first kappa shape index (κ1) is 16.0. The maximum Gasteiger partial charge on any atom is 0.00795 e. The van der Waals surface area contributed by atoms with Crippen LogP contribution in [0.2, 0.25) is 0 Å². The molecule has 0 saturated heterocycles. The number of hydrogen-bond acceptors (Lipinski definition) is 2. The van der Waals surface area contributed by atoms with E-state index in [1.807, 2.05) is 0 Å². The Morgan fingerprint density at radius 2 is 1.94 bits per heavy atom. The molecule has 1 aliphatic rings. The topological polar surface area (TPSA) is 29.3 Å². The van der Waals surface area contributed by atoms with Crippen molar-refractivity contribution >= 4 is 0 Å². The minimum atomic E-state index is 0.440. The Balaban J connectivity index is 2.46. The van der Waals surface area contributed by atoms with Crippen LogP contribution in [0, 0.1) is 17.8 Å². The lowest BCUT2D eigenvalue weighted by molar-refractivity contribution is 0.138. The first-order chi connectivity index (χ1) is 8.58. The molecule has 3 unspecified atom stereocenters. The number of nitrogens with zero attached hydrogens (tertiary/aromatic N) is 1. The fourth-order valence-corrected chi connectivity index (χ4v) is 3.23. The van der Waals surface area contributed by atoms with E-state index >= 15 is 0 Å². The predicted octanol–water partition coefficient (Wildman–Crippen LogP) is 3.51. The third kappa shape index (κ3) is 4.89. The summed E-state index contributed by atoms with van der Waals surface area (Å²) in [6.45, 7) is 12.9. The molecule has 1 saturated carbocycles. The second kappa shape index (κ2) is 8.16. The highest BCUT2D eigenvalue weighted by Crippen LogP contribution is 2.33. The third-order valence-corrected chi connectivity index (χ3v) is 4.79. The molecule has 0 heterocycles. The zero-order chi connectivity index (χ0) is 13.5. The Morgan fingerprint density at radius 3 is 2.50 bits per heavy atom. The van der Waals surface area contributed by atoms with Gasteiger partial charge >= 0.3 is 0 Å². The SMILES string of the molecule is CCCCN(CC)CC1CC(C(C)C)CCC1N. The Kier molecular flexibility index (Phi) is 7.25. The fourth-order valence-electron chi connectivity index (χ4n) is 3.23. The molecule has 1 rings (SSSR count). The van der Waals surface area contributed by atoms with Crippen molar-refractivity contribution in [2.45, 2.75) is 65.8 Å². The maximum absolute atomic E-state index is 6.35. The van der Waals surface area contributed by atoms with Crippen LogP contribution in [0.15, 0.2) is 0 Å². The van der Waals surface area contributed by atoms with Gasteiger partial charge in [0.05, 0.1) is 0 Å². The Hall–Kier alpha value is -0.0800. The summed E-state index contributed by atoms with van der Waals surface area (Å²) in [5.74, 6) is 2.45. The molecule has 1 fully saturated rings. The van der Waals surface area contributed by atoms with Crippen LogP contribution < -0.4 is 5.73 Å². The molecule has 0 aromatic carbocycles. The van der Waals surface area contributed by atoms with Gasteiger partial charge in [-0.15, -0.1) is 0 Å². The Bertz CT molecular complexity index is 215. The number of unbranched alkanes of at least 4 members (excludes halogenated alkanes) is 1. The monoisotopic (exact) mass is 254 g/mol. The molecule has 0 radical (unpaired) electrons. The first-order valence-electron chi connectivity index (χ1n) is 8.06. The van der Waals surface area contributed by atoms with Gasteiger partial charge in [0.1, 0.15) is 0 Å². The van der Waals surface area contributed by atoms with E-state index in [1.165, 1.54) is 51.7 Å². The summed E-state index contributed by atoms with van der Waals surface area (Å²) in [5.41, 5.74) is 6.35. The second-order valence-corrected chi connectivity index (χ2v) is 6.49. The molecule has 2 nitrogen and oxygen atoms in total. The Morgan fingerprint density at radius 1 is 1.22 bits per heavy atom. The van der Waals surface area contributed by atoms with E-state index in [-0.39, 0.29) is 0 Å². The minimum absolute atomic E-state index is 0.440. The average molecular weight is 254 g/mol. The summed E-state index contributed by atoms with van der Waals surface area (Å²) in [5, 5.41) is 0. The highest BCUT2D eigenvalue weighted by Gasteiger charge is 2.30. The lowest BCUT2D eigenvalue weighted by Crippen LogP contribution is -2.44. The standard InChI is InChI=1S/C16H34N2/c1-5-7-10-18(6-2)12-15-11-14(13(3)4)8-9-16(15)17/h13-16H,5-12,17H2,1-4H3. The smallest absolute Gasteiger partial charge is 0.00795 e. The highest BCUT2D eigenvalue weighted by molar-refractivity contribution is 4.85. The largest absolute Gasteiger partial charge is 0.327 e. The number of rotatable bonds is 7. The van der Waals surface area contributed by atoms with Gasteiger partial charge < -0.3 is 10.6 Å². The minimum Gasteiger partial charge on any atom is -0.327 e. The van der Waals surface area contributed by atoms with Crippen LogP contribution in [0.1, 0.15) is 59.8 Å². The molecule has 1 aliphatic carbocycles. The van der Waals surface area contributed by atoms with Gasteiger partial charge in [0.15, 0.2) is 0 Å². The summed E-state index contributed by atoms with van der Waals surface area (Å²) >= 11 is 0. The predicted molar refractivity (Wildman–Crippen MR) is 80.7 cm³/mol. The molecular weight excluding hydrogens is 220 g/mol. The first-order valence-corrected chi connectivity index (χ1v) is 8.06. The number of hydrogen-bond donors (Lipinski definition) is 1. The van der Waals surface area contributed by atoms with E-state index in [0.717, 1.165) is 17.8 Å². The van der Waals surface area contributed by atoms with Crippen molar-refractivity contribution in [3.63, 3.8) is 0 Å². The molecule has 0 aromatic rings. The average Bonchev–Trinajstić information content (AvgIpc) is 2.36. The summed E-state index contributed by atoms with van der Waals surface area (Å²) in [6, 6.07) is 0.440. The quantitative estimate of drug-likeness (QED) is 0.753. The van der Waals surface area contributed by atoms with Crippen LogP contribution >= 0.6 is 0 Å². The van der Waals surface area contributed by atoms with Crippen LogP contribution in [0.25, 0.3) is 0 Å². The van der Waals surface area contributed by atoms with E-state index in [1.54, 1.807) is 0 Å². The van der Waals surface area contributed by atoms with Gasteiger partial charge in [-0.05, 0) is 56.5 Å². The molecule has 0 spiro atoms. The van der Waals surface area contributed by atoms with Gasteiger partial charge in [-0.25, -0.2) is 0 Å². The summed E-state index contributed by atoms with van der Waals surface area (Å²) in [4.78, 5) is 2.61. The van der Waals surface area contributed by atoms with E-state index in [9.17, 15) is 0 Å². The van der Waals surface area contributed by atoms with Crippen molar-refractivity contribution in [3.05, 3.63) is 0 Å². The molecule has 0 bridgehead atoms. The molecule has 0 aliphatic heterocycles. The van der Waals surface area contributed by atoms with E-state index in [4.69, 9.17) is 5.73 Å². The lowest BCUT2D eigenvalue weighted by atomic mass is 9.73. The fraction of sp³-hybridized carbons (Fsp3) is 1.00. The molecular formula is C16H34N2. The van der Waals surface area contributed by atoms with E-state index in [2.05, 4.69) is 32.6 Å². The van der Waals surface area contributed by atoms with Crippen molar-refractivity contribution < 1.29 is 0 Å². The molecule has 2 N–H and O–H groups in total. The molecule has 3 atom stereocenters. The Labute approximate surface area is 114 Å². The third-order valence-electron chi connectivity index (χ3n) is 4.79. The summed E-state index contributed by atoms with van der Waals surface area (Å²) in [7, 11) is 0. The van der Waals surface area contributed by atoms with Crippen molar-refractivity contribution in [1.29, 1.82) is 0 Å². The van der Waals surface area contributed by atoms with Crippen molar-refractivity contribution in [2.24, 2.45) is 23.5 Å². The molecule has 108 valence electrons. The highest BCUT2D eigenvalue weighted by atomic mass is 15.1. The van der Waals surface area contributed by atoms with Crippen LogP contribution in [-0.2, 0) is 0 Å². The number of nitrogens with two attached hydrogens (primary N) is 1. The van der Waals surface area contributed by atoms with Crippen LogP contribution in [0.5, 0.6) is 0 Å². The molecule has 18 heavy (non-hydrogen) atoms. The lowest BCUT2D eigenvalue weighted by Gasteiger charge is -2.38. The van der Waals surface area contributed by atoms with Gasteiger partial charge in [0.2, 0.25) is 0 Å². The maximum atomic E-state index is 6.35. The van der Waals surface area contributed by atoms with Crippen LogP contribution in [0.4, 0.5) is 0 Å². The van der Waals surface area contributed by atoms with Crippen LogP contribution in [0.3, 0.4) is 0 Å². The van der Waals surface area contributed by atoms with Gasteiger partial charge in [0, 0.05) is 12.6 Å². The van der Waals surface area contributed by atoms with Crippen molar-refractivity contribution in [1.82, 2.24) is 4.90 Å². The zero-order valence-electron chi connectivity index (χ0n) is 13.0. The van der Waals surface area contributed by atoms with Gasteiger partial charge in [-0.3, -0.25) is 0 Å². The summed E-state index contributed by atoms with van der Waals surface area (Å²) in [6.07, 6.45) is 6.54. The van der Waals surface area contributed by atoms with E-state index in [0.29, 0.717) is 6.04 Å². The molecule has 0 aromatic heterocycles. The zero-order valence-corrected chi connectivity index (χ0v) is 13.0. The summed E-state index contributed by atoms with van der Waals surface area (Å²) < 4.78 is 0. The van der Waals surface area contributed by atoms with E-state index < -0.39 is 0 Å². The van der Waals surface area contributed by atoms with Crippen molar-refractivity contribution in [3.8, 4) is 0 Å². The van der Waals surface area contributed by atoms with Gasteiger partial charge in [0.25, 0.3) is 0 Å². The van der Waals surface area contributed by atoms with Crippen molar-refractivity contribution in [2.75, 3.05) is 19.6 Å². The molecule has 0 amide bonds. The normalized spacial score (nSPS) is 29.2. The van der Waals surface area contributed by atoms with Gasteiger partial charge in [-0.2, -0.15) is 0 Å². The second-order valence-electron chi connectivity index (χ2n) is 6.49.